The summed E-state index contributed by atoms with van der Waals surface area (Å²) in [6.07, 6.45) is -2.24. The van der Waals surface area contributed by atoms with Crippen LogP contribution in [0.3, 0.4) is 0 Å². The molecule has 0 spiro atoms. The van der Waals surface area contributed by atoms with Crippen LogP contribution in [0.15, 0.2) is 48.5 Å². The molecule has 1 atom stereocenters. The van der Waals surface area contributed by atoms with Crippen LogP contribution in [0.4, 0.5) is 13.2 Å². The van der Waals surface area contributed by atoms with Crippen molar-refractivity contribution in [1.29, 1.82) is 0 Å². The van der Waals surface area contributed by atoms with Gasteiger partial charge >= 0.3 is 6.18 Å². The zero-order chi connectivity index (χ0) is 17.2. The number of hydrogen-bond donors (Lipinski definition) is 2. The molecule has 2 N–H and O–H groups in total. The molecule has 3 rings (SSSR count). The van der Waals surface area contributed by atoms with Crippen LogP contribution in [-0.2, 0) is 19.3 Å². The molecule has 0 bridgehead atoms. The minimum Gasteiger partial charge on any atom is -0.392 e. The van der Waals surface area contributed by atoms with E-state index < -0.39 is 11.7 Å². The Balaban J connectivity index is 1.73. The van der Waals surface area contributed by atoms with E-state index in [4.69, 9.17) is 5.11 Å². The van der Waals surface area contributed by atoms with Crippen molar-refractivity contribution in [3.63, 3.8) is 0 Å². The second-order valence-corrected chi connectivity index (χ2v) is 6.29. The first-order valence-corrected chi connectivity index (χ1v) is 8.06. The first-order valence-electron chi connectivity index (χ1n) is 8.06. The van der Waals surface area contributed by atoms with Crippen molar-refractivity contribution in [3.05, 3.63) is 70.8 Å². The van der Waals surface area contributed by atoms with E-state index in [1.807, 2.05) is 24.3 Å². The maximum Gasteiger partial charge on any atom is 0.416 e. The molecule has 1 fully saturated rings. The van der Waals surface area contributed by atoms with Crippen molar-refractivity contribution in [3.8, 4) is 0 Å². The number of alkyl halides is 3. The average Bonchev–Trinajstić information content (AvgIpc) is 3.40. The van der Waals surface area contributed by atoms with Crippen molar-refractivity contribution >= 4 is 0 Å². The Hall–Kier alpha value is -1.85. The Morgan fingerprint density at radius 3 is 2.29 bits per heavy atom. The third kappa shape index (κ3) is 4.16. The summed E-state index contributed by atoms with van der Waals surface area (Å²) in [7, 11) is 0. The van der Waals surface area contributed by atoms with E-state index in [0.717, 1.165) is 30.0 Å². The molecule has 0 saturated heterocycles. The Kier molecular flexibility index (Phi) is 4.92. The molecule has 5 heteroatoms. The predicted molar refractivity (Wildman–Crippen MR) is 86.1 cm³/mol. The quantitative estimate of drug-likeness (QED) is 0.818. The third-order valence-electron chi connectivity index (χ3n) is 4.40. The maximum atomic E-state index is 12.9. The second kappa shape index (κ2) is 6.95. The zero-order valence-corrected chi connectivity index (χ0v) is 13.2. The maximum absolute atomic E-state index is 12.9. The Bertz CT molecular complexity index is 678. The van der Waals surface area contributed by atoms with Crippen LogP contribution < -0.4 is 5.32 Å². The van der Waals surface area contributed by atoms with Gasteiger partial charge in [-0.25, -0.2) is 0 Å². The third-order valence-corrected chi connectivity index (χ3v) is 4.40. The van der Waals surface area contributed by atoms with E-state index in [1.165, 1.54) is 12.1 Å². The van der Waals surface area contributed by atoms with Gasteiger partial charge in [-0.1, -0.05) is 36.4 Å². The predicted octanol–water partition coefficient (Wildman–Crippen LogP) is 4.44. The minimum absolute atomic E-state index is 0.00262. The van der Waals surface area contributed by atoms with Crippen molar-refractivity contribution in [2.24, 2.45) is 5.92 Å². The summed E-state index contributed by atoms with van der Waals surface area (Å²) in [6, 6.07) is 13.1. The Morgan fingerprint density at radius 1 is 1.04 bits per heavy atom. The molecule has 0 heterocycles. The van der Waals surface area contributed by atoms with Crippen LogP contribution in [0, 0.1) is 5.92 Å². The zero-order valence-electron chi connectivity index (χ0n) is 13.2. The molecule has 1 aliphatic carbocycles. The average molecular weight is 335 g/mol. The molecule has 0 amide bonds. The number of aliphatic hydroxyl groups excluding tert-OH is 1. The van der Waals surface area contributed by atoms with E-state index >= 15 is 0 Å². The molecule has 1 aliphatic rings. The fraction of sp³-hybridized carbons (Fsp3) is 0.368. The largest absolute Gasteiger partial charge is 0.416 e. The first kappa shape index (κ1) is 17.0. The number of hydrogen-bond acceptors (Lipinski definition) is 2. The van der Waals surface area contributed by atoms with Crippen LogP contribution in [0.5, 0.6) is 0 Å². The monoisotopic (exact) mass is 335 g/mol. The summed E-state index contributed by atoms with van der Waals surface area (Å²) in [5.74, 6) is 0.394. The summed E-state index contributed by atoms with van der Waals surface area (Å²) in [5.41, 5.74) is 1.99. The molecule has 2 aromatic rings. The van der Waals surface area contributed by atoms with E-state index in [1.54, 1.807) is 6.07 Å². The van der Waals surface area contributed by atoms with Gasteiger partial charge in [-0.3, -0.25) is 0 Å². The lowest BCUT2D eigenvalue weighted by Crippen LogP contribution is -2.23. The number of halogens is 3. The summed E-state index contributed by atoms with van der Waals surface area (Å²) in [6.45, 7) is 0.589. The van der Waals surface area contributed by atoms with Gasteiger partial charge in [-0.05, 0) is 47.6 Å². The van der Waals surface area contributed by atoms with E-state index in [0.29, 0.717) is 18.0 Å². The lowest BCUT2D eigenvalue weighted by Gasteiger charge is -2.20. The van der Waals surface area contributed by atoms with Gasteiger partial charge in [0.15, 0.2) is 0 Å². The van der Waals surface area contributed by atoms with Gasteiger partial charge in [0.2, 0.25) is 0 Å². The normalized spacial score (nSPS) is 16.2. The molecule has 1 unspecified atom stereocenters. The van der Waals surface area contributed by atoms with Gasteiger partial charge in [0, 0.05) is 12.6 Å². The second-order valence-electron chi connectivity index (χ2n) is 6.29. The van der Waals surface area contributed by atoms with Gasteiger partial charge < -0.3 is 10.4 Å². The fourth-order valence-corrected chi connectivity index (χ4v) is 2.89. The van der Waals surface area contributed by atoms with Gasteiger partial charge in [-0.15, -0.1) is 0 Å². The number of aliphatic hydroxyl groups is 1. The van der Waals surface area contributed by atoms with Crippen molar-refractivity contribution in [2.45, 2.75) is 38.2 Å². The highest BCUT2D eigenvalue weighted by Gasteiger charge is 2.35. The van der Waals surface area contributed by atoms with Gasteiger partial charge in [0.05, 0.1) is 12.2 Å². The van der Waals surface area contributed by atoms with Crippen molar-refractivity contribution < 1.29 is 18.3 Å². The van der Waals surface area contributed by atoms with Crippen LogP contribution in [-0.4, -0.2) is 5.11 Å². The molecule has 0 aromatic heterocycles. The topological polar surface area (TPSA) is 32.3 Å². The molecule has 2 aromatic carbocycles. The van der Waals surface area contributed by atoms with Crippen molar-refractivity contribution in [2.75, 3.05) is 0 Å². The van der Waals surface area contributed by atoms with Gasteiger partial charge in [0.1, 0.15) is 0 Å². The first-order chi connectivity index (χ1) is 11.5. The Morgan fingerprint density at radius 2 is 1.71 bits per heavy atom. The van der Waals surface area contributed by atoms with Crippen LogP contribution >= 0.6 is 0 Å². The highest BCUT2D eigenvalue weighted by atomic mass is 19.4. The van der Waals surface area contributed by atoms with E-state index in [-0.39, 0.29) is 12.6 Å². The van der Waals surface area contributed by atoms with Crippen LogP contribution in [0.25, 0.3) is 0 Å². The summed E-state index contributed by atoms with van der Waals surface area (Å²) in [5, 5.41) is 12.5. The number of benzene rings is 2. The summed E-state index contributed by atoms with van der Waals surface area (Å²) in [4.78, 5) is 0. The smallest absolute Gasteiger partial charge is 0.392 e. The van der Waals surface area contributed by atoms with E-state index in [9.17, 15) is 13.2 Å². The SMILES string of the molecule is OCc1ccc(CNC(c2cccc(C(F)(F)F)c2)C2CC2)cc1. The van der Waals surface area contributed by atoms with Gasteiger partial charge in [0.25, 0.3) is 0 Å². The molecular weight excluding hydrogens is 315 g/mol. The highest BCUT2D eigenvalue weighted by molar-refractivity contribution is 5.29. The Labute approximate surface area is 139 Å². The fourth-order valence-electron chi connectivity index (χ4n) is 2.89. The summed E-state index contributed by atoms with van der Waals surface area (Å²) < 4.78 is 38.8. The molecule has 24 heavy (non-hydrogen) atoms. The molecule has 2 nitrogen and oxygen atoms in total. The molecule has 1 saturated carbocycles. The molecular formula is C19H20F3NO. The lowest BCUT2D eigenvalue weighted by atomic mass is 9.99. The van der Waals surface area contributed by atoms with Gasteiger partial charge in [-0.2, -0.15) is 13.2 Å². The van der Waals surface area contributed by atoms with Crippen LogP contribution in [0.2, 0.25) is 0 Å². The number of nitrogens with one attached hydrogen (secondary N) is 1. The highest BCUT2D eigenvalue weighted by Crippen LogP contribution is 2.42. The van der Waals surface area contributed by atoms with E-state index in [2.05, 4.69) is 5.32 Å². The number of rotatable bonds is 6. The van der Waals surface area contributed by atoms with Crippen LogP contribution in [0.1, 0.15) is 41.1 Å². The molecule has 128 valence electrons. The lowest BCUT2D eigenvalue weighted by molar-refractivity contribution is -0.137. The summed E-state index contributed by atoms with van der Waals surface area (Å²) >= 11 is 0. The molecule has 0 aliphatic heterocycles. The molecule has 0 radical (unpaired) electrons. The standard InChI is InChI=1S/C19H20F3NO/c20-19(21,22)17-3-1-2-16(10-17)18(15-8-9-15)23-11-13-4-6-14(12-24)7-5-13/h1-7,10,15,18,23-24H,8-9,11-12H2. The minimum atomic E-state index is -4.32. The van der Waals surface area contributed by atoms with Crippen molar-refractivity contribution in [1.82, 2.24) is 5.32 Å².